The van der Waals surface area contributed by atoms with Crippen LogP contribution >= 0.6 is 0 Å². The molecule has 0 aliphatic rings. The molecule has 0 radical (unpaired) electrons. The highest BCUT2D eigenvalue weighted by Crippen LogP contribution is 2.30. The Hall–Kier alpha value is -3.12. The Bertz CT molecular complexity index is 1240. The summed E-state index contributed by atoms with van der Waals surface area (Å²) in [6.45, 7) is 0.0621. The van der Waals surface area contributed by atoms with E-state index in [2.05, 4.69) is 5.32 Å². The molecule has 5 nitrogen and oxygen atoms in total. The zero-order chi connectivity index (χ0) is 19.6. The second kappa shape index (κ2) is 7.48. The van der Waals surface area contributed by atoms with E-state index in [1.807, 2.05) is 36.4 Å². The van der Waals surface area contributed by atoms with Gasteiger partial charge in [0, 0.05) is 17.5 Å². The first-order chi connectivity index (χ1) is 13.5. The zero-order valence-corrected chi connectivity index (χ0v) is 15.9. The fourth-order valence-electron chi connectivity index (χ4n) is 3.31. The summed E-state index contributed by atoms with van der Waals surface area (Å²) in [5, 5.41) is 5.73. The summed E-state index contributed by atoms with van der Waals surface area (Å²) in [5.41, 5.74) is 1.52. The standard InChI is InChI=1S/C22H19NO4S/c24-21(23-12-13-28(25,26)18-7-2-1-3-8-18)14-17-15-27-20-11-10-16-6-4-5-9-19(16)22(17)20/h1-11,15H,12-14H2,(H,23,24). The van der Waals surface area contributed by atoms with E-state index in [0.717, 1.165) is 27.3 Å². The van der Waals surface area contributed by atoms with Crippen molar-refractivity contribution in [3.63, 3.8) is 0 Å². The van der Waals surface area contributed by atoms with Crippen molar-refractivity contribution in [2.75, 3.05) is 12.3 Å². The van der Waals surface area contributed by atoms with Crippen LogP contribution in [0.3, 0.4) is 0 Å². The largest absolute Gasteiger partial charge is 0.464 e. The normalized spacial score (nSPS) is 11.7. The molecule has 28 heavy (non-hydrogen) atoms. The SMILES string of the molecule is O=C(Cc1coc2ccc3ccccc3c12)NCCS(=O)(=O)c1ccccc1. The Kier molecular flexibility index (Phi) is 4.88. The minimum Gasteiger partial charge on any atom is -0.464 e. The van der Waals surface area contributed by atoms with E-state index in [4.69, 9.17) is 4.42 Å². The van der Waals surface area contributed by atoms with E-state index in [0.29, 0.717) is 0 Å². The molecule has 4 aromatic rings. The van der Waals surface area contributed by atoms with Gasteiger partial charge >= 0.3 is 0 Å². The number of fused-ring (bicyclic) bond motifs is 3. The van der Waals surface area contributed by atoms with E-state index < -0.39 is 9.84 Å². The third-order valence-corrected chi connectivity index (χ3v) is 6.42. The Morgan fingerprint density at radius 1 is 0.929 bits per heavy atom. The molecule has 1 heterocycles. The molecule has 1 aromatic heterocycles. The fourth-order valence-corrected chi connectivity index (χ4v) is 4.49. The van der Waals surface area contributed by atoms with Crippen LogP contribution in [-0.4, -0.2) is 26.6 Å². The highest BCUT2D eigenvalue weighted by molar-refractivity contribution is 7.91. The van der Waals surface area contributed by atoms with Gasteiger partial charge in [-0.05, 0) is 29.0 Å². The summed E-state index contributed by atoms with van der Waals surface area (Å²) in [6.07, 6.45) is 1.73. The summed E-state index contributed by atoms with van der Waals surface area (Å²) in [7, 11) is -3.41. The van der Waals surface area contributed by atoms with Crippen molar-refractivity contribution < 1.29 is 17.6 Å². The molecule has 1 amide bonds. The van der Waals surface area contributed by atoms with Gasteiger partial charge in [-0.1, -0.05) is 48.5 Å². The van der Waals surface area contributed by atoms with E-state index in [9.17, 15) is 13.2 Å². The third-order valence-electron chi connectivity index (χ3n) is 4.69. The molecule has 1 N–H and O–H groups in total. The molecule has 6 heteroatoms. The lowest BCUT2D eigenvalue weighted by atomic mass is 10.0. The summed E-state index contributed by atoms with van der Waals surface area (Å²) in [4.78, 5) is 12.6. The van der Waals surface area contributed by atoms with Gasteiger partial charge in [-0.3, -0.25) is 4.79 Å². The maximum atomic E-state index is 12.4. The van der Waals surface area contributed by atoms with Gasteiger partial charge in [-0.2, -0.15) is 0 Å². The van der Waals surface area contributed by atoms with E-state index in [1.54, 1.807) is 36.6 Å². The van der Waals surface area contributed by atoms with E-state index in [1.165, 1.54) is 0 Å². The van der Waals surface area contributed by atoms with Gasteiger partial charge in [0.15, 0.2) is 9.84 Å². The summed E-state index contributed by atoms with van der Waals surface area (Å²) >= 11 is 0. The number of rotatable bonds is 6. The van der Waals surface area contributed by atoms with Crippen LogP contribution in [-0.2, 0) is 21.1 Å². The molecule has 0 unspecified atom stereocenters. The molecule has 0 saturated heterocycles. The van der Waals surface area contributed by atoms with Gasteiger partial charge in [-0.15, -0.1) is 0 Å². The first kappa shape index (κ1) is 18.3. The van der Waals surface area contributed by atoms with Crippen molar-refractivity contribution in [3.05, 3.63) is 78.6 Å². The second-order valence-electron chi connectivity index (χ2n) is 6.58. The number of carbonyl (C=O) groups excluding carboxylic acids is 1. The average Bonchev–Trinajstić information content (AvgIpc) is 3.12. The van der Waals surface area contributed by atoms with Crippen molar-refractivity contribution in [2.24, 2.45) is 0 Å². The van der Waals surface area contributed by atoms with Gasteiger partial charge in [0.25, 0.3) is 0 Å². The van der Waals surface area contributed by atoms with Crippen molar-refractivity contribution in [1.29, 1.82) is 0 Å². The first-order valence-corrected chi connectivity index (χ1v) is 10.6. The van der Waals surface area contributed by atoms with Crippen molar-refractivity contribution in [1.82, 2.24) is 5.32 Å². The molecule has 0 aliphatic heterocycles. The molecule has 0 bridgehead atoms. The van der Waals surface area contributed by atoms with Crippen LogP contribution in [0.1, 0.15) is 5.56 Å². The Morgan fingerprint density at radius 3 is 2.50 bits per heavy atom. The number of amides is 1. The maximum absolute atomic E-state index is 12.4. The minimum absolute atomic E-state index is 0.0621. The van der Waals surface area contributed by atoms with E-state index in [-0.39, 0.29) is 29.5 Å². The maximum Gasteiger partial charge on any atom is 0.224 e. The zero-order valence-electron chi connectivity index (χ0n) is 15.1. The quantitative estimate of drug-likeness (QED) is 0.542. The average molecular weight is 393 g/mol. The second-order valence-corrected chi connectivity index (χ2v) is 8.69. The minimum atomic E-state index is -3.41. The molecule has 4 rings (SSSR count). The number of hydrogen-bond donors (Lipinski definition) is 1. The molecule has 142 valence electrons. The van der Waals surface area contributed by atoms with Gasteiger partial charge in [-0.25, -0.2) is 8.42 Å². The topological polar surface area (TPSA) is 76.4 Å². The van der Waals surface area contributed by atoms with Gasteiger partial charge in [0.1, 0.15) is 5.58 Å². The summed E-state index contributed by atoms with van der Waals surface area (Å²) in [6, 6.07) is 20.0. The van der Waals surface area contributed by atoms with Crippen LogP contribution < -0.4 is 5.32 Å². The van der Waals surface area contributed by atoms with Crippen LogP contribution in [0.4, 0.5) is 0 Å². The highest BCUT2D eigenvalue weighted by atomic mass is 32.2. The lowest BCUT2D eigenvalue weighted by Gasteiger charge is -2.07. The lowest BCUT2D eigenvalue weighted by Crippen LogP contribution is -2.30. The molecular weight excluding hydrogens is 374 g/mol. The first-order valence-electron chi connectivity index (χ1n) is 8.97. The molecule has 0 spiro atoms. The number of furan rings is 1. The van der Waals surface area contributed by atoms with Crippen molar-refractivity contribution >= 4 is 37.5 Å². The van der Waals surface area contributed by atoms with Gasteiger partial charge in [0.2, 0.25) is 5.91 Å². The molecule has 0 aliphatic carbocycles. The monoisotopic (exact) mass is 393 g/mol. The van der Waals surface area contributed by atoms with Crippen LogP contribution in [0.2, 0.25) is 0 Å². The van der Waals surface area contributed by atoms with Crippen LogP contribution in [0.5, 0.6) is 0 Å². The van der Waals surface area contributed by atoms with Crippen molar-refractivity contribution in [3.8, 4) is 0 Å². The Morgan fingerprint density at radius 2 is 1.68 bits per heavy atom. The van der Waals surface area contributed by atoms with E-state index >= 15 is 0 Å². The molecule has 3 aromatic carbocycles. The number of nitrogens with one attached hydrogen (secondary N) is 1. The molecular formula is C22H19NO4S. The molecule has 0 saturated carbocycles. The van der Waals surface area contributed by atoms with Crippen LogP contribution in [0.25, 0.3) is 21.7 Å². The number of benzene rings is 3. The summed E-state index contributed by atoms with van der Waals surface area (Å²) < 4.78 is 30.2. The van der Waals surface area contributed by atoms with Crippen LogP contribution in [0.15, 0.2) is 82.3 Å². The fraction of sp³-hybridized carbons (Fsp3) is 0.136. The van der Waals surface area contributed by atoms with Gasteiger partial charge < -0.3 is 9.73 Å². The predicted octanol–water partition coefficient (Wildman–Crippen LogP) is 3.72. The Labute approximate surface area is 162 Å². The highest BCUT2D eigenvalue weighted by Gasteiger charge is 2.16. The lowest BCUT2D eigenvalue weighted by molar-refractivity contribution is -0.120. The number of carbonyl (C=O) groups is 1. The molecule has 0 atom stereocenters. The summed E-state index contributed by atoms with van der Waals surface area (Å²) in [5.74, 6) is -0.378. The number of hydrogen-bond acceptors (Lipinski definition) is 4. The third kappa shape index (κ3) is 3.64. The molecule has 0 fully saturated rings. The van der Waals surface area contributed by atoms with Gasteiger partial charge in [0.05, 0.1) is 23.3 Å². The van der Waals surface area contributed by atoms with Crippen LogP contribution in [0, 0.1) is 0 Å². The number of sulfone groups is 1. The van der Waals surface area contributed by atoms with Crippen molar-refractivity contribution in [2.45, 2.75) is 11.3 Å². The predicted molar refractivity (Wildman–Crippen MR) is 109 cm³/mol. The smallest absolute Gasteiger partial charge is 0.224 e. The Balaban J connectivity index is 1.45.